The molecule has 0 spiro atoms. The minimum Gasteiger partial charge on any atom is -0.497 e. The summed E-state index contributed by atoms with van der Waals surface area (Å²) >= 11 is 0. The topological polar surface area (TPSA) is 65.0 Å². The number of carboxylic acid groups (broad SMARTS) is 1. The Labute approximate surface area is 151 Å². The number of methoxy groups -OCH3 is 2. The zero-order valence-corrected chi connectivity index (χ0v) is 14.6. The average molecular weight is 352 g/mol. The van der Waals surface area contributed by atoms with Gasteiger partial charge in [0.05, 0.1) is 14.2 Å². The number of ether oxygens (including phenoxy) is 3. The summed E-state index contributed by atoms with van der Waals surface area (Å²) in [6, 6.07) is 18.7. The maximum Gasteiger partial charge on any atom is 0.345 e. The van der Waals surface area contributed by atoms with E-state index in [1.807, 2.05) is 36.4 Å². The predicted molar refractivity (Wildman–Crippen MR) is 99.2 cm³/mol. The first-order valence-electron chi connectivity index (χ1n) is 8.20. The van der Waals surface area contributed by atoms with Gasteiger partial charge in [0, 0.05) is 12.5 Å². The molecule has 5 heteroatoms. The molecule has 0 heterocycles. The zero-order chi connectivity index (χ0) is 18.5. The Kier molecular flexibility index (Phi) is 5.27. The second kappa shape index (κ2) is 7.78. The van der Waals surface area contributed by atoms with Crippen LogP contribution in [0.2, 0.25) is 0 Å². The van der Waals surface area contributed by atoms with Gasteiger partial charge in [0.1, 0.15) is 17.2 Å². The predicted octanol–water partition coefficient (Wildman–Crippen LogP) is 3.93. The maximum atomic E-state index is 11.7. The first kappa shape index (κ1) is 17.6. The Morgan fingerprint density at radius 2 is 1.65 bits per heavy atom. The number of hydrogen-bond acceptors (Lipinski definition) is 4. The third kappa shape index (κ3) is 3.88. The molecule has 0 aliphatic rings. The summed E-state index contributed by atoms with van der Waals surface area (Å²) in [6.07, 6.45) is -0.853. The molecule has 0 saturated carbocycles. The molecule has 0 bridgehead atoms. The van der Waals surface area contributed by atoms with E-state index < -0.39 is 12.1 Å². The highest BCUT2D eigenvalue weighted by Crippen LogP contribution is 2.27. The van der Waals surface area contributed by atoms with Crippen LogP contribution in [0.25, 0.3) is 10.8 Å². The fourth-order valence-corrected chi connectivity index (χ4v) is 2.80. The Morgan fingerprint density at radius 1 is 0.923 bits per heavy atom. The van der Waals surface area contributed by atoms with Crippen LogP contribution in [0, 0.1) is 0 Å². The molecule has 3 aromatic carbocycles. The summed E-state index contributed by atoms with van der Waals surface area (Å²) in [6.45, 7) is 0. The molecule has 0 radical (unpaired) electrons. The SMILES string of the molecule is COc1ccc(C[C@@H](Oc2ccc3ccccc3c2)C(=O)O)c(OC)c1. The number of fused-ring (bicyclic) bond motifs is 1. The van der Waals surface area contributed by atoms with E-state index in [0.717, 1.165) is 16.3 Å². The standard InChI is InChI=1S/C21H20O5/c1-24-17-9-8-16(19(13-17)25-2)12-20(21(22)23)26-18-10-7-14-5-3-4-6-15(14)11-18/h3-11,13,20H,12H2,1-2H3,(H,22,23)/t20-/m1/s1. The molecule has 1 atom stereocenters. The summed E-state index contributed by atoms with van der Waals surface area (Å²) in [4.78, 5) is 11.7. The van der Waals surface area contributed by atoms with Gasteiger partial charge in [-0.2, -0.15) is 0 Å². The van der Waals surface area contributed by atoms with Crippen molar-refractivity contribution in [3.05, 3.63) is 66.2 Å². The molecule has 3 aromatic rings. The van der Waals surface area contributed by atoms with Crippen LogP contribution < -0.4 is 14.2 Å². The third-order valence-electron chi connectivity index (χ3n) is 4.17. The molecule has 134 valence electrons. The van der Waals surface area contributed by atoms with Crippen molar-refractivity contribution in [3.8, 4) is 17.2 Å². The van der Waals surface area contributed by atoms with Crippen molar-refractivity contribution in [3.63, 3.8) is 0 Å². The molecule has 0 aliphatic carbocycles. The van der Waals surface area contributed by atoms with Crippen LogP contribution in [0.4, 0.5) is 0 Å². The van der Waals surface area contributed by atoms with Gasteiger partial charge in [-0.1, -0.05) is 36.4 Å². The quantitative estimate of drug-likeness (QED) is 0.698. The molecule has 0 unspecified atom stereocenters. The summed E-state index contributed by atoms with van der Waals surface area (Å²) < 4.78 is 16.3. The molecular formula is C21H20O5. The van der Waals surface area contributed by atoms with Crippen molar-refractivity contribution >= 4 is 16.7 Å². The number of aliphatic carboxylic acids is 1. The van der Waals surface area contributed by atoms with E-state index in [9.17, 15) is 9.90 Å². The summed E-state index contributed by atoms with van der Waals surface area (Å²) in [5.41, 5.74) is 0.737. The van der Waals surface area contributed by atoms with Crippen molar-refractivity contribution in [1.82, 2.24) is 0 Å². The summed E-state index contributed by atoms with van der Waals surface area (Å²) in [5, 5.41) is 11.7. The van der Waals surface area contributed by atoms with Crippen molar-refractivity contribution in [2.24, 2.45) is 0 Å². The minimum absolute atomic E-state index is 0.176. The second-order valence-corrected chi connectivity index (χ2v) is 5.84. The monoisotopic (exact) mass is 352 g/mol. The van der Waals surface area contributed by atoms with E-state index >= 15 is 0 Å². The lowest BCUT2D eigenvalue weighted by Crippen LogP contribution is -2.29. The molecule has 1 N–H and O–H groups in total. The Morgan fingerprint density at radius 3 is 2.35 bits per heavy atom. The molecular weight excluding hydrogens is 332 g/mol. The first-order valence-corrected chi connectivity index (χ1v) is 8.20. The number of carboxylic acids is 1. The summed E-state index contributed by atoms with van der Waals surface area (Å²) in [5.74, 6) is 0.699. The van der Waals surface area contributed by atoms with Gasteiger partial charge < -0.3 is 19.3 Å². The van der Waals surface area contributed by atoms with Crippen LogP contribution in [-0.2, 0) is 11.2 Å². The van der Waals surface area contributed by atoms with Gasteiger partial charge in [-0.3, -0.25) is 0 Å². The molecule has 0 amide bonds. The molecule has 0 aliphatic heterocycles. The lowest BCUT2D eigenvalue weighted by Gasteiger charge is -2.17. The van der Waals surface area contributed by atoms with Gasteiger partial charge in [0.15, 0.2) is 6.10 Å². The number of carbonyl (C=O) groups is 1. The Balaban J connectivity index is 1.84. The normalized spacial score (nSPS) is 11.8. The highest BCUT2D eigenvalue weighted by atomic mass is 16.5. The smallest absolute Gasteiger partial charge is 0.345 e. The van der Waals surface area contributed by atoms with Crippen molar-refractivity contribution in [2.45, 2.75) is 12.5 Å². The lowest BCUT2D eigenvalue weighted by atomic mass is 10.1. The number of hydrogen-bond donors (Lipinski definition) is 1. The molecule has 0 fully saturated rings. The molecule has 0 aromatic heterocycles. The average Bonchev–Trinajstić information content (AvgIpc) is 2.67. The van der Waals surface area contributed by atoms with Crippen LogP contribution in [-0.4, -0.2) is 31.4 Å². The van der Waals surface area contributed by atoms with Gasteiger partial charge in [-0.25, -0.2) is 4.79 Å². The van der Waals surface area contributed by atoms with Crippen LogP contribution in [0.15, 0.2) is 60.7 Å². The van der Waals surface area contributed by atoms with Gasteiger partial charge in [-0.15, -0.1) is 0 Å². The molecule has 26 heavy (non-hydrogen) atoms. The highest BCUT2D eigenvalue weighted by Gasteiger charge is 2.22. The highest BCUT2D eigenvalue weighted by molar-refractivity contribution is 5.84. The van der Waals surface area contributed by atoms with Gasteiger partial charge in [0.2, 0.25) is 0 Å². The molecule has 5 nitrogen and oxygen atoms in total. The van der Waals surface area contributed by atoms with Gasteiger partial charge in [-0.05, 0) is 34.5 Å². The zero-order valence-electron chi connectivity index (χ0n) is 14.6. The third-order valence-corrected chi connectivity index (χ3v) is 4.17. The van der Waals surface area contributed by atoms with Crippen LogP contribution >= 0.6 is 0 Å². The number of benzene rings is 3. The van der Waals surface area contributed by atoms with Crippen LogP contribution in [0.3, 0.4) is 0 Å². The maximum absolute atomic E-state index is 11.7. The fraction of sp³-hybridized carbons (Fsp3) is 0.190. The van der Waals surface area contributed by atoms with E-state index in [1.54, 1.807) is 31.4 Å². The van der Waals surface area contributed by atoms with Crippen molar-refractivity contribution in [2.75, 3.05) is 14.2 Å². The van der Waals surface area contributed by atoms with Gasteiger partial charge in [0.25, 0.3) is 0 Å². The lowest BCUT2D eigenvalue weighted by molar-refractivity contribution is -0.145. The van der Waals surface area contributed by atoms with E-state index in [4.69, 9.17) is 14.2 Å². The van der Waals surface area contributed by atoms with E-state index in [-0.39, 0.29) is 6.42 Å². The Bertz CT molecular complexity index is 919. The minimum atomic E-state index is -1.03. The van der Waals surface area contributed by atoms with Crippen molar-refractivity contribution < 1.29 is 24.1 Å². The molecule has 0 saturated heterocycles. The summed E-state index contributed by atoms with van der Waals surface area (Å²) in [7, 11) is 3.11. The largest absolute Gasteiger partial charge is 0.497 e. The van der Waals surface area contributed by atoms with Gasteiger partial charge >= 0.3 is 5.97 Å². The van der Waals surface area contributed by atoms with E-state index in [0.29, 0.717) is 17.2 Å². The van der Waals surface area contributed by atoms with E-state index in [1.165, 1.54) is 7.11 Å². The Hall–Kier alpha value is -3.21. The second-order valence-electron chi connectivity index (χ2n) is 5.84. The van der Waals surface area contributed by atoms with Crippen LogP contribution in [0.5, 0.6) is 17.2 Å². The molecule has 3 rings (SSSR count). The van der Waals surface area contributed by atoms with Crippen LogP contribution in [0.1, 0.15) is 5.56 Å². The van der Waals surface area contributed by atoms with E-state index in [2.05, 4.69) is 0 Å². The fourth-order valence-electron chi connectivity index (χ4n) is 2.80. The first-order chi connectivity index (χ1) is 12.6. The van der Waals surface area contributed by atoms with Crippen molar-refractivity contribution in [1.29, 1.82) is 0 Å². The number of rotatable bonds is 7.